The van der Waals surface area contributed by atoms with E-state index in [9.17, 15) is 18.0 Å². The number of amides is 1. The maximum Gasteiger partial charge on any atom is 0.416 e. The summed E-state index contributed by atoms with van der Waals surface area (Å²) in [5, 5.41) is 2.66. The third-order valence-electron chi connectivity index (χ3n) is 3.10. The number of rotatable bonds is 4. The zero-order valence-corrected chi connectivity index (χ0v) is 10.8. The standard InChI is InChI=1S/C13H17F3N2O/c1-3-12(2,8-17)18-11(19)9-5-4-6-10(7-9)13(14,15)16/h4-7H,3,8,17H2,1-2H3,(H,18,19). The van der Waals surface area contributed by atoms with Gasteiger partial charge in [0.1, 0.15) is 0 Å². The molecule has 0 fully saturated rings. The minimum atomic E-state index is -4.46. The topological polar surface area (TPSA) is 55.1 Å². The average molecular weight is 274 g/mol. The summed E-state index contributed by atoms with van der Waals surface area (Å²) in [4.78, 5) is 11.9. The van der Waals surface area contributed by atoms with Crippen molar-refractivity contribution < 1.29 is 18.0 Å². The van der Waals surface area contributed by atoms with Crippen LogP contribution in [0.2, 0.25) is 0 Å². The van der Waals surface area contributed by atoms with E-state index in [1.165, 1.54) is 12.1 Å². The summed E-state index contributed by atoms with van der Waals surface area (Å²) in [6, 6.07) is 4.32. The first-order chi connectivity index (χ1) is 8.72. The van der Waals surface area contributed by atoms with Crippen LogP contribution < -0.4 is 11.1 Å². The molecule has 0 aliphatic rings. The van der Waals surface area contributed by atoms with E-state index in [4.69, 9.17) is 5.73 Å². The Labute approximate surface area is 110 Å². The molecule has 1 aromatic carbocycles. The Morgan fingerprint density at radius 3 is 2.47 bits per heavy atom. The van der Waals surface area contributed by atoms with Crippen LogP contribution in [0.1, 0.15) is 36.2 Å². The fourth-order valence-corrected chi connectivity index (χ4v) is 1.47. The van der Waals surface area contributed by atoms with Crippen LogP contribution in [0.25, 0.3) is 0 Å². The highest BCUT2D eigenvalue weighted by atomic mass is 19.4. The lowest BCUT2D eigenvalue weighted by Gasteiger charge is -2.28. The van der Waals surface area contributed by atoms with Crippen molar-refractivity contribution >= 4 is 5.91 Å². The maximum atomic E-state index is 12.5. The average Bonchev–Trinajstić information content (AvgIpc) is 2.37. The van der Waals surface area contributed by atoms with Crippen LogP contribution in [0.15, 0.2) is 24.3 Å². The van der Waals surface area contributed by atoms with Crippen molar-refractivity contribution in [2.24, 2.45) is 5.73 Å². The summed E-state index contributed by atoms with van der Waals surface area (Å²) < 4.78 is 37.6. The van der Waals surface area contributed by atoms with Crippen molar-refractivity contribution in [2.45, 2.75) is 32.0 Å². The molecule has 19 heavy (non-hydrogen) atoms. The molecular formula is C13H17F3N2O. The van der Waals surface area contributed by atoms with Crippen molar-refractivity contribution in [2.75, 3.05) is 6.54 Å². The molecular weight excluding hydrogens is 257 g/mol. The van der Waals surface area contributed by atoms with E-state index in [1.54, 1.807) is 6.92 Å². The second kappa shape index (κ2) is 5.61. The van der Waals surface area contributed by atoms with E-state index in [-0.39, 0.29) is 12.1 Å². The van der Waals surface area contributed by atoms with Gasteiger partial charge in [0.25, 0.3) is 5.91 Å². The van der Waals surface area contributed by atoms with Crippen LogP contribution in [-0.4, -0.2) is 18.0 Å². The molecule has 1 atom stereocenters. The molecule has 1 unspecified atom stereocenters. The second-order valence-corrected chi connectivity index (χ2v) is 4.65. The highest BCUT2D eigenvalue weighted by molar-refractivity contribution is 5.94. The number of alkyl halides is 3. The molecule has 0 bridgehead atoms. The van der Waals surface area contributed by atoms with Gasteiger partial charge in [-0.15, -0.1) is 0 Å². The van der Waals surface area contributed by atoms with E-state index >= 15 is 0 Å². The number of hydrogen-bond acceptors (Lipinski definition) is 2. The van der Waals surface area contributed by atoms with Gasteiger partial charge < -0.3 is 11.1 Å². The Kier molecular flexibility index (Phi) is 4.57. The smallest absolute Gasteiger partial charge is 0.346 e. The van der Waals surface area contributed by atoms with Crippen molar-refractivity contribution in [3.8, 4) is 0 Å². The maximum absolute atomic E-state index is 12.5. The summed E-state index contributed by atoms with van der Waals surface area (Å²) in [5.74, 6) is -0.555. The number of hydrogen-bond donors (Lipinski definition) is 2. The summed E-state index contributed by atoms with van der Waals surface area (Å²) in [6.07, 6.45) is -3.87. The van der Waals surface area contributed by atoms with E-state index in [1.807, 2.05) is 6.92 Å². The zero-order valence-electron chi connectivity index (χ0n) is 10.8. The molecule has 3 N–H and O–H groups in total. The third kappa shape index (κ3) is 3.96. The Balaban J connectivity index is 2.95. The van der Waals surface area contributed by atoms with E-state index in [2.05, 4.69) is 5.32 Å². The van der Waals surface area contributed by atoms with Gasteiger partial charge in [0.15, 0.2) is 0 Å². The molecule has 0 aromatic heterocycles. The minimum Gasteiger partial charge on any atom is -0.346 e. The van der Waals surface area contributed by atoms with Gasteiger partial charge >= 0.3 is 6.18 Å². The Morgan fingerprint density at radius 1 is 1.37 bits per heavy atom. The van der Waals surface area contributed by atoms with Crippen molar-refractivity contribution in [1.29, 1.82) is 0 Å². The second-order valence-electron chi connectivity index (χ2n) is 4.65. The van der Waals surface area contributed by atoms with Crippen LogP contribution in [0.5, 0.6) is 0 Å². The highest BCUT2D eigenvalue weighted by Crippen LogP contribution is 2.29. The number of carbonyl (C=O) groups is 1. The molecule has 0 saturated heterocycles. The third-order valence-corrected chi connectivity index (χ3v) is 3.10. The zero-order chi connectivity index (χ0) is 14.7. The van der Waals surface area contributed by atoms with Crippen molar-refractivity contribution in [3.63, 3.8) is 0 Å². The first-order valence-corrected chi connectivity index (χ1v) is 5.91. The predicted octanol–water partition coefficient (Wildman–Crippen LogP) is 2.56. The molecule has 1 aromatic rings. The first-order valence-electron chi connectivity index (χ1n) is 5.91. The summed E-state index contributed by atoms with van der Waals surface area (Å²) in [7, 11) is 0. The monoisotopic (exact) mass is 274 g/mol. The van der Waals surface area contributed by atoms with E-state index in [0.717, 1.165) is 12.1 Å². The number of carbonyl (C=O) groups excluding carboxylic acids is 1. The van der Waals surface area contributed by atoms with Gasteiger partial charge in [-0.3, -0.25) is 4.79 Å². The predicted molar refractivity (Wildman–Crippen MR) is 66.7 cm³/mol. The largest absolute Gasteiger partial charge is 0.416 e. The van der Waals surface area contributed by atoms with Gasteiger partial charge in [0.2, 0.25) is 0 Å². The van der Waals surface area contributed by atoms with Crippen LogP contribution in [0, 0.1) is 0 Å². The molecule has 1 amide bonds. The fraction of sp³-hybridized carbons (Fsp3) is 0.462. The fourth-order valence-electron chi connectivity index (χ4n) is 1.47. The normalized spacial score (nSPS) is 14.8. The summed E-state index contributed by atoms with van der Waals surface area (Å²) >= 11 is 0. The van der Waals surface area contributed by atoms with Gasteiger partial charge in [-0.1, -0.05) is 13.0 Å². The van der Waals surface area contributed by atoms with E-state index in [0.29, 0.717) is 6.42 Å². The lowest BCUT2D eigenvalue weighted by molar-refractivity contribution is -0.137. The van der Waals surface area contributed by atoms with Crippen LogP contribution in [0.3, 0.4) is 0 Å². The first kappa shape index (κ1) is 15.5. The van der Waals surface area contributed by atoms with Gasteiger partial charge in [0, 0.05) is 17.6 Å². The summed E-state index contributed by atoms with van der Waals surface area (Å²) in [5.41, 5.74) is 4.06. The molecule has 0 spiro atoms. The molecule has 1 rings (SSSR count). The van der Waals surface area contributed by atoms with Gasteiger partial charge in [0.05, 0.1) is 5.56 Å². The van der Waals surface area contributed by atoms with Gasteiger partial charge in [-0.2, -0.15) is 13.2 Å². The molecule has 0 heterocycles. The van der Waals surface area contributed by atoms with Crippen LogP contribution in [-0.2, 0) is 6.18 Å². The Bertz CT molecular complexity index is 453. The van der Waals surface area contributed by atoms with E-state index < -0.39 is 23.2 Å². The Morgan fingerprint density at radius 2 is 2.00 bits per heavy atom. The van der Waals surface area contributed by atoms with Crippen LogP contribution >= 0.6 is 0 Å². The molecule has 3 nitrogen and oxygen atoms in total. The number of nitrogens with one attached hydrogen (secondary N) is 1. The number of nitrogens with two attached hydrogens (primary N) is 1. The SMILES string of the molecule is CCC(C)(CN)NC(=O)c1cccc(C(F)(F)F)c1. The lowest BCUT2D eigenvalue weighted by atomic mass is 9.98. The lowest BCUT2D eigenvalue weighted by Crippen LogP contribution is -2.50. The quantitative estimate of drug-likeness (QED) is 0.886. The number of benzene rings is 1. The van der Waals surface area contributed by atoms with Crippen LogP contribution in [0.4, 0.5) is 13.2 Å². The van der Waals surface area contributed by atoms with Gasteiger partial charge in [-0.05, 0) is 31.5 Å². The Hall–Kier alpha value is -1.56. The van der Waals surface area contributed by atoms with Crippen molar-refractivity contribution in [3.05, 3.63) is 35.4 Å². The molecule has 6 heteroatoms. The van der Waals surface area contributed by atoms with Gasteiger partial charge in [-0.25, -0.2) is 0 Å². The molecule has 0 aliphatic carbocycles. The molecule has 0 aliphatic heterocycles. The molecule has 0 saturated carbocycles. The molecule has 106 valence electrons. The highest BCUT2D eigenvalue weighted by Gasteiger charge is 2.31. The minimum absolute atomic E-state index is 0.0250. The van der Waals surface area contributed by atoms with Crippen molar-refractivity contribution in [1.82, 2.24) is 5.32 Å². The molecule has 0 radical (unpaired) electrons. The number of halogens is 3. The summed E-state index contributed by atoms with van der Waals surface area (Å²) in [6.45, 7) is 3.81.